The monoisotopic (exact) mass is 381 g/mol. The Morgan fingerprint density at radius 3 is 2.52 bits per heavy atom. The van der Waals surface area contributed by atoms with Gasteiger partial charge in [-0.1, -0.05) is 36.4 Å². The quantitative estimate of drug-likeness (QED) is 0.504. The van der Waals surface area contributed by atoms with Gasteiger partial charge in [-0.15, -0.1) is 0 Å². The minimum atomic E-state index is -0.0503. The summed E-state index contributed by atoms with van der Waals surface area (Å²) in [6.45, 7) is 2.00. The Morgan fingerprint density at radius 1 is 0.966 bits per heavy atom. The fourth-order valence-corrected chi connectivity index (χ4v) is 3.76. The maximum atomic E-state index is 12.9. The molecule has 6 nitrogen and oxygen atoms in total. The third-order valence-corrected chi connectivity index (χ3v) is 5.31. The van der Waals surface area contributed by atoms with Crippen molar-refractivity contribution >= 4 is 22.4 Å². The number of fused-ring (bicyclic) bond motifs is 3. The van der Waals surface area contributed by atoms with Gasteiger partial charge in [-0.05, 0) is 36.2 Å². The van der Waals surface area contributed by atoms with Crippen molar-refractivity contribution in [2.45, 2.75) is 6.92 Å². The van der Waals surface area contributed by atoms with E-state index in [9.17, 15) is 4.79 Å². The second kappa shape index (κ2) is 6.31. The standard InChI is InChI=1S/C23H19N5O/c1-14-10-21(24)25-13-18(14)16-8-9-17-20(11-16)28-22(27(2)23(17)29)12-19(26-28)15-6-4-3-5-7-15/h3-13H,1-2H3,(H2,24,25). The van der Waals surface area contributed by atoms with Crippen LogP contribution in [0.15, 0.2) is 71.7 Å². The molecule has 0 aliphatic heterocycles. The highest BCUT2D eigenvalue weighted by molar-refractivity contribution is 5.86. The summed E-state index contributed by atoms with van der Waals surface area (Å²) in [5, 5.41) is 5.42. The van der Waals surface area contributed by atoms with Gasteiger partial charge in [-0.25, -0.2) is 9.50 Å². The van der Waals surface area contributed by atoms with E-state index in [1.807, 2.05) is 72.1 Å². The van der Waals surface area contributed by atoms with Crippen molar-refractivity contribution in [3.05, 3.63) is 82.8 Å². The Hall–Kier alpha value is -3.93. The second-order valence-corrected chi connectivity index (χ2v) is 7.19. The van der Waals surface area contributed by atoms with E-state index in [0.29, 0.717) is 11.2 Å². The maximum Gasteiger partial charge on any atom is 0.261 e. The third-order valence-electron chi connectivity index (χ3n) is 5.31. The molecule has 6 heteroatoms. The predicted octanol–water partition coefficient (Wildman–Crippen LogP) is 3.81. The van der Waals surface area contributed by atoms with Crippen LogP contribution in [0.25, 0.3) is 38.9 Å². The van der Waals surface area contributed by atoms with Gasteiger partial charge in [0.25, 0.3) is 5.56 Å². The molecule has 0 unspecified atom stereocenters. The molecule has 29 heavy (non-hydrogen) atoms. The fourth-order valence-electron chi connectivity index (χ4n) is 3.76. The predicted molar refractivity (Wildman–Crippen MR) is 116 cm³/mol. The van der Waals surface area contributed by atoms with Gasteiger partial charge in [0.15, 0.2) is 0 Å². The van der Waals surface area contributed by atoms with Gasteiger partial charge in [-0.3, -0.25) is 9.36 Å². The number of nitrogen functional groups attached to an aromatic ring is 1. The van der Waals surface area contributed by atoms with Crippen molar-refractivity contribution in [3.63, 3.8) is 0 Å². The lowest BCUT2D eigenvalue weighted by atomic mass is 10.0. The number of nitrogens with two attached hydrogens (primary N) is 1. The minimum absolute atomic E-state index is 0.0503. The number of nitrogens with zero attached hydrogens (tertiary/aromatic N) is 4. The number of rotatable bonds is 2. The first-order chi connectivity index (χ1) is 14.0. The van der Waals surface area contributed by atoms with Crippen molar-refractivity contribution in [1.82, 2.24) is 19.2 Å². The highest BCUT2D eigenvalue weighted by Crippen LogP contribution is 2.28. The molecule has 142 valence electrons. The summed E-state index contributed by atoms with van der Waals surface area (Å²) in [6, 6.07) is 19.5. The summed E-state index contributed by atoms with van der Waals surface area (Å²) >= 11 is 0. The van der Waals surface area contributed by atoms with Crippen LogP contribution in [0.2, 0.25) is 0 Å². The molecule has 2 N–H and O–H groups in total. The summed E-state index contributed by atoms with van der Waals surface area (Å²) < 4.78 is 3.47. The van der Waals surface area contributed by atoms with Crippen LogP contribution >= 0.6 is 0 Å². The van der Waals surface area contributed by atoms with E-state index < -0.39 is 0 Å². The zero-order chi connectivity index (χ0) is 20.1. The number of pyridine rings is 1. The lowest BCUT2D eigenvalue weighted by molar-refractivity contribution is 0.850. The summed E-state index contributed by atoms with van der Waals surface area (Å²) in [5.74, 6) is 0.489. The van der Waals surface area contributed by atoms with E-state index in [0.717, 1.165) is 39.1 Å². The van der Waals surface area contributed by atoms with Gasteiger partial charge in [0.1, 0.15) is 11.5 Å². The van der Waals surface area contributed by atoms with Gasteiger partial charge in [-0.2, -0.15) is 5.10 Å². The van der Waals surface area contributed by atoms with Crippen LogP contribution in [-0.2, 0) is 7.05 Å². The van der Waals surface area contributed by atoms with Crippen LogP contribution in [-0.4, -0.2) is 19.2 Å². The van der Waals surface area contributed by atoms with Crippen molar-refractivity contribution in [2.24, 2.45) is 7.05 Å². The summed E-state index contributed by atoms with van der Waals surface area (Å²) in [5.41, 5.74) is 12.1. The van der Waals surface area contributed by atoms with Crippen molar-refractivity contribution < 1.29 is 0 Å². The van der Waals surface area contributed by atoms with Crippen molar-refractivity contribution in [1.29, 1.82) is 0 Å². The molecule has 0 radical (unpaired) electrons. The third kappa shape index (κ3) is 2.69. The Morgan fingerprint density at radius 2 is 1.76 bits per heavy atom. The Balaban J connectivity index is 1.82. The van der Waals surface area contributed by atoms with Crippen molar-refractivity contribution in [2.75, 3.05) is 5.73 Å². The topological polar surface area (TPSA) is 78.2 Å². The van der Waals surface area contributed by atoms with E-state index in [-0.39, 0.29) is 5.56 Å². The maximum absolute atomic E-state index is 12.9. The van der Waals surface area contributed by atoms with Crippen LogP contribution in [0, 0.1) is 6.92 Å². The molecular formula is C23H19N5O. The molecule has 5 rings (SSSR count). The van der Waals surface area contributed by atoms with Gasteiger partial charge in [0, 0.05) is 30.4 Å². The number of anilines is 1. The number of aromatic nitrogens is 4. The molecule has 0 amide bonds. The fraction of sp³-hybridized carbons (Fsp3) is 0.0870. The van der Waals surface area contributed by atoms with E-state index in [1.165, 1.54) is 0 Å². The van der Waals surface area contributed by atoms with Gasteiger partial charge < -0.3 is 5.73 Å². The SMILES string of the molecule is Cc1cc(N)ncc1-c1ccc2c(=O)n(C)c3cc(-c4ccccc4)nn3c2c1. The molecule has 3 aromatic heterocycles. The van der Waals surface area contributed by atoms with E-state index in [1.54, 1.807) is 17.8 Å². The number of aryl methyl sites for hydroxylation is 2. The smallest absolute Gasteiger partial charge is 0.261 e. The Labute approximate surface area is 166 Å². The first kappa shape index (κ1) is 17.2. The second-order valence-electron chi connectivity index (χ2n) is 7.19. The largest absolute Gasteiger partial charge is 0.384 e. The first-order valence-corrected chi connectivity index (χ1v) is 9.33. The Bertz CT molecular complexity index is 1450. The average molecular weight is 381 g/mol. The molecule has 0 saturated carbocycles. The van der Waals surface area contributed by atoms with Crippen molar-refractivity contribution in [3.8, 4) is 22.4 Å². The van der Waals surface area contributed by atoms with Crippen LogP contribution in [0.1, 0.15) is 5.56 Å². The number of hydrogen-bond acceptors (Lipinski definition) is 4. The minimum Gasteiger partial charge on any atom is -0.384 e. The summed E-state index contributed by atoms with van der Waals surface area (Å²) in [6.07, 6.45) is 1.77. The molecule has 3 heterocycles. The molecular weight excluding hydrogens is 362 g/mol. The molecule has 0 aliphatic carbocycles. The Kier molecular flexibility index (Phi) is 3.74. The van der Waals surface area contributed by atoms with Gasteiger partial charge in [0.2, 0.25) is 0 Å². The highest BCUT2D eigenvalue weighted by Gasteiger charge is 2.14. The molecule has 0 bridgehead atoms. The van der Waals surface area contributed by atoms with Crippen LogP contribution < -0.4 is 11.3 Å². The van der Waals surface area contributed by atoms with Crippen LogP contribution in [0.3, 0.4) is 0 Å². The lowest BCUT2D eigenvalue weighted by Crippen LogP contribution is -2.19. The normalized spacial score (nSPS) is 11.4. The average Bonchev–Trinajstić information content (AvgIpc) is 3.18. The van der Waals surface area contributed by atoms with E-state index in [2.05, 4.69) is 4.98 Å². The molecule has 0 atom stereocenters. The highest BCUT2D eigenvalue weighted by atomic mass is 16.1. The zero-order valence-electron chi connectivity index (χ0n) is 16.1. The molecule has 0 fully saturated rings. The molecule has 0 saturated heterocycles. The van der Waals surface area contributed by atoms with E-state index in [4.69, 9.17) is 10.8 Å². The van der Waals surface area contributed by atoms with Gasteiger partial charge >= 0.3 is 0 Å². The zero-order valence-corrected chi connectivity index (χ0v) is 16.1. The first-order valence-electron chi connectivity index (χ1n) is 9.33. The molecule has 2 aromatic carbocycles. The molecule has 0 aliphatic rings. The van der Waals surface area contributed by atoms with Gasteiger partial charge in [0.05, 0.1) is 16.6 Å². The van der Waals surface area contributed by atoms with Crippen LogP contribution in [0.4, 0.5) is 5.82 Å². The van der Waals surface area contributed by atoms with E-state index >= 15 is 0 Å². The van der Waals surface area contributed by atoms with Crippen LogP contribution in [0.5, 0.6) is 0 Å². The number of benzene rings is 2. The molecule has 0 spiro atoms. The lowest BCUT2D eigenvalue weighted by Gasteiger charge is -2.10. The molecule has 5 aromatic rings. The summed E-state index contributed by atoms with van der Waals surface area (Å²) in [4.78, 5) is 17.2. The number of hydrogen-bond donors (Lipinski definition) is 1. The summed E-state index contributed by atoms with van der Waals surface area (Å²) in [7, 11) is 1.77.